The van der Waals surface area contributed by atoms with Gasteiger partial charge in [-0.15, -0.1) is 0 Å². The van der Waals surface area contributed by atoms with Crippen LogP contribution in [0.2, 0.25) is 0 Å². The van der Waals surface area contributed by atoms with Crippen molar-refractivity contribution in [2.75, 3.05) is 45.8 Å². The first-order valence-electron chi connectivity index (χ1n) is 11.5. The number of carbonyl (C=O) groups is 2. The molecule has 4 rings (SSSR count). The average Bonchev–Trinajstić information content (AvgIpc) is 3.34. The number of allylic oxidation sites excluding steroid dienone is 1. The average molecular weight is 436 g/mol. The summed E-state index contributed by atoms with van der Waals surface area (Å²) in [6.45, 7) is 9.08. The Labute approximate surface area is 190 Å². The minimum absolute atomic E-state index is 0.0479. The molecule has 2 aliphatic heterocycles. The van der Waals surface area contributed by atoms with Crippen LogP contribution in [-0.4, -0.2) is 82.3 Å². The van der Waals surface area contributed by atoms with Crippen LogP contribution in [0.4, 0.5) is 0 Å². The summed E-state index contributed by atoms with van der Waals surface area (Å²) in [6, 6.07) is 6.41. The molecule has 2 amide bonds. The number of rotatable bonds is 5. The molecule has 170 valence electrons. The number of aryl methyl sites for hydroxylation is 2. The molecular formula is C25H33N5O2. The first kappa shape index (κ1) is 22.3. The van der Waals surface area contributed by atoms with Crippen molar-refractivity contribution in [3.8, 4) is 0 Å². The number of hydrogen-bond acceptors (Lipinski definition) is 4. The molecule has 0 spiro atoms. The summed E-state index contributed by atoms with van der Waals surface area (Å²) in [5.41, 5.74) is 4.37. The molecule has 7 nitrogen and oxygen atoms in total. The lowest BCUT2D eigenvalue weighted by Crippen LogP contribution is -2.52. The minimum atomic E-state index is -0.0479. The zero-order chi connectivity index (χ0) is 22.5. The molecule has 0 saturated carbocycles. The molecule has 1 N–H and O–H groups in total. The smallest absolute Gasteiger partial charge is 0.274 e. The van der Waals surface area contributed by atoms with Crippen molar-refractivity contribution in [2.45, 2.75) is 26.7 Å². The number of nitrogens with one attached hydrogen (secondary N) is 1. The number of imidazole rings is 1. The zero-order valence-corrected chi connectivity index (χ0v) is 19.1. The molecule has 32 heavy (non-hydrogen) atoms. The number of nitrogens with zero attached hydrogens (tertiary/aromatic N) is 4. The standard InChI is InChI=1S/C25H33N5O2/c1-19-4-3-5-20(2)22(19)7-6-21-8-10-29(11-9-21)24(31)17-28-12-14-30(15-13-28)25(32)23-16-26-18-27-23/h3-7,16,18,21H,8-15,17H2,1-2H3,(H,26,27)/b7-6+. The molecule has 0 bridgehead atoms. The Bertz CT molecular complexity index is 932. The largest absolute Gasteiger partial charge is 0.350 e. The van der Waals surface area contributed by atoms with E-state index in [0.29, 0.717) is 31.2 Å². The van der Waals surface area contributed by atoms with E-state index in [9.17, 15) is 9.59 Å². The van der Waals surface area contributed by atoms with Gasteiger partial charge in [0.1, 0.15) is 5.69 Å². The van der Waals surface area contributed by atoms with Crippen molar-refractivity contribution < 1.29 is 9.59 Å². The molecule has 1 aromatic carbocycles. The van der Waals surface area contributed by atoms with Gasteiger partial charge < -0.3 is 14.8 Å². The Morgan fingerprint density at radius 2 is 1.72 bits per heavy atom. The van der Waals surface area contributed by atoms with Gasteiger partial charge in [0, 0.05) is 45.5 Å². The van der Waals surface area contributed by atoms with Crippen LogP contribution in [0, 0.1) is 19.8 Å². The highest BCUT2D eigenvalue weighted by molar-refractivity contribution is 5.92. The Hall–Kier alpha value is -2.93. The molecule has 0 aliphatic carbocycles. The highest BCUT2D eigenvalue weighted by Crippen LogP contribution is 2.22. The Morgan fingerprint density at radius 1 is 1.03 bits per heavy atom. The van der Waals surface area contributed by atoms with Crippen molar-refractivity contribution in [2.24, 2.45) is 5.92 Å². The van der Waals surface area contributed by atoms with Gasteiger partial charge in [0.15, 0.2) is 0 Å². The van der Waals surface area contributed by atoms with E-state index in [1.165, 1.54) is 23.0 Å². The molecule has 0 radical (unpaired) electrons. The van der Waals surface area contributed by atoms with Crippen molar-refractivity contribution in [1.82, 2.24) is 24.7 Å². The number of piperazine rings is 1. The molecule has 2 aliphatic rings. The molecule has 2 saturated heterocycles. The normalized spacial score (nSPS) is 18.4. The predicted octanol–water partition coefficient (Wildman–Crippen LogP) is 2.74. The monoisotopic (exact) mass is 435 g/mol. The summed E-state index contributed by atoms with van der Waals surface area (Å²) in [5.74, 6) is 0.678. The number of aromatic amines is 1. The number of H-pyrrole nitrogens is 1. The number of benzene rings is 1. The van der Waals surface area contributed by atoms with Gasteiger partial charge in [-0.1, -0.05) is 30.4 Å². The molecule has 2 aromatic rings. The van der Waals surface area contributed by atoms with E-state index in [4.69, 9.17) is 0 Å². The SMILES string of the molecule is Cc1cccc(C)c1/C=C/C1CCN(C(=O)CN2CCN(C(=O)c3c[nH]cn3)CC2)CC1. The van der Waals surface area contributed by atoms with E-state index in [1.807, 2.05) is 9.80 Å². The molecule has 3 heterocycles. The first-order chi connectivity index (χ1) is 15.5. The van der Waals surface area contributed by atoms with Crippen molar-refractivity contribution in [1.29, 1.82) is 0 Å². The van der Waals surface area contributed by atoms with Gasteiger partial charge in [-0.25, -0.2) is 4.98 Å². The molecule has 1 aromatic heterocycles. The summed E-state index contributed by atoms with van der Waals surface area (Å²) >= 11 is 0. The zero-order valence-electron chi connectivity index (χ0n) is 19.1. The highest BCUT2D eigenvalue weighted by Gasteiger charge is 2.27. The second-order valence-electron chi connectivity index (χ2n) is 8.91. The van der Waals surface area contributed by atoms with Crippen molar-refractivity contribution in [3.63, 3.8) is 0 Å². The number of aromatic nitrogens is 2. The molecule has 2 fully saturated rings. The molecular weight excluding hydrogens is 402 g/mol. The van der Waals surface area contributed by atoms with Gasteiger partial charge in [0.2, 0.25) is 5.91 Å². The lowest BCUT2D eigenvalue weighted by molar-refractivity contribution is -0.133. The van der Waals surface area contributed by atoms with E-state index in [0.717, 1.165) is 39.0 Å². The van der Waals surface area contributed by atoms with E-state index < -0.39 is 0 Å². The van der Waals surface area contributed by atoms with E-state index in [1.54, 1.807) is 6.20 Å². The van der Waals surface area contributed by atoms with Gasteiger partial charge in [-0.05, 0) is 49.3 Å². The van der Waals surface area contributed by atoms with Gasteiger partial charge in [-0.3, -0.25) is 14.5 Å². The van der Waals surface area contributed by atoms with Crippen LogP contribution in [0.1, 0.15) is 40.0 Å². The van der Waals surface area contributed by atoms with Gasteiger partial charge in [0.25, 0.3) is 5.91 Å². The van der Waals surface area contributed by atoms with Gasteiger partial charge >= 0.3 is 0 Å². The molecule has 7 heteroatoms. The highest BCUT2D eigenvalue weighted by atomic mass is 16.2. The van der Waals surface area contributed by atoms with Crippen molar-refractivity contribution in [3.05, 3.63) is 59.2 Å². The van der Waals surface area contributed by atoms with Crippen LogP contribution < -0.4 is 0 Å². The minimum Gasteiger partial charge on any atom is -0.350 e. The van der Waals surface area contributed by atoms with Gasteiger partial charge in [0.05, 0.1) is 12.9 Å². The van der Waals surface area contributed by atoms with E-state index in [-0.39, 0.29) is 11.8 Å². The third-order valence-electron chi connectivity index (χ3n) is 6.71. The van der Waals surface area contributed by atoms with Crippen LogP contribution in [0.25, 0.3) is 6.08 Å². The van der Waals surface area contributed by atoms with Crippen LogP contribution in [0.5, 0.6) is 0 Å². The fourth-order valence-electron chi connectivity index (χ4n) is 4.60. The third kappa shape index (κ3) is 5.27. The molecule has 0 unspecified atom stereocenters. The van der Waals surface area contributed by atoms with Crippen LogP contribution in [0.15, 0.2) is 36.8 Å². The number of likely N-dealkylation sites (tertiary alicyclic amines) is 1. The lowest BCUT2D eigenvalue weighted by Gasteiger charge is -2.36. The Kier molecular flexibility index (Phi) is 7.05. The summed E-state index contributed by atoms with van der Waals surface area (Å²) < 4.78 is 0. The van der Waals surface area contributed by atoms with E-state index >= 15 is 0 Å². The second-order valence-corrected chi connectivity index (χ2v) is 8.91. The number of hydrogen-bond donors (Lipinski definition) is 1. The first-order valence-corrected chi connectivity index (χ1v) is 11.5. The topological polar surface area (TPSA) is 72.5 Å². The van der Waals surface area contributed by atoms with Crippen molar-refractivity contribution >= 4 is 17.9 Å². The Morgan fingerprint density at radius 3 is 2.34 bits per heavy atom. The van der Waals surface area contributed by atoms with E-state index in [2.05, 4.69) is 59.1 Å². The number of amides is 2. The van der Waals surface area contributed by atoms with Gasteiger partial charge in [-0.2, -0.15) is 0 Å². The Balaban J connectivity index is 1.21. The fourth-order valence-corrected chi connectivity index (χ4v) is 4.60. The summed E-state index contributed by atoms with van der Waals surface area (Å²) in [5, 5.41) is 0. The summed E-state index contributed by atoms with van der Waals surface area (Å²) in [7, 11) is 0. The number of carbonyl (C=O) groups excluding carboxylic acids is 2. The maximum absolute atomic E-state index is 12.8. The summed E-state index contributed by atoms with van der Waals surface area (Å²) in [6.07, 6.45) is 9.76. The second kappa shape index (κ2) is 10.1. The van der Waals surface area contributed by atoms with Crippen LogP contribution in [0.3, 0.4) is 0 Å². The molecule has 0 atom stereocenters. The maximum Gasteiger partial charge on any atom is 0.274 e. The van der Waals surface area contributed by atoms with Crippen LogP contribution >= 0.6 is 0 Å². The third-order valence-corrected chi connectivity index (χ3v) is 6.71. The maximum atomic E-state index is 12.8. The lowest BCUT2D eigenvalue weighted by atomic mass is 9.94. The summed E-state index contributed by atoms with van der Waals surface area (Å²) in [4.78, 5) is 38.0. The quantitative estimate of drug-likeness (QED) is 0.784. The fraction of sp³-hybridized carbons (Fsp3) is 0.480. The van der Waals surface area contributed by atoms with Crippen LogP contribution in [-0.2, 0) is 4.79 Å². The number of piperidine rings is 1. The predicted molar refractivity (Wildman–Crippen MR) is 125 cm³/mol.